The van der Waals surface area contributed by atoms with Crippen molar-refractivity contribution in [1.29, 1.82) is 0 Å². The zero-order valence-corrected chi connectivity index (χ0v) is 13.5. The molecule has 1 heterocycles. The Balaban J connectivity index is 2.01. The van der Waals surface area contributed by atoms with Crippen LogP contribution in [0.2, 0.25) is 0 Å². The number of carbonyl (C=O) groups excluding carboxylic acids is 1. The Morgan fingerprint density at radius 2 is 1.65 bits per heavy atom. The lowest BCUT2D eigenvalue weighted by atomic mass is 10.1. The van der Waals surface area contributed by atoms with Crippen LogP contribution >= 0.6 is 11.8 Å². The first kappa shape index (κ1) is 15.5. The van der Waals surface area contributed by atoms with E-state index < -0.39 is 0 Å². The van der Waals surface area contributed by atoms with Crippen LogP contribution in [-0.2, 0) is 9.53 Å². The summed E-state index contributed by atoms with van der Waals surface area (Å²) in [6.45, 7) is 2.18. The first-order valence-electron chi connectivity index (χ1n) is 7.38. The average Bonchev–Trinajstić information content (AvgIpc) is 2.60. The lowest BCUT2D eigenvalue weighted by Gasteiger charge is -2.09. The molecule has 3 rings (SSSR count). The maximum atomic E-state index is 11.6. The smallest absolute Gasteiger partial charge is 0.316 e. The average molecular weight is 324 g/mol. The van der Waals surface area contributed by atoms with Crippen LogP contribution in [0.1, 0.15) is 6.92 Å². The second-order valence-corrected chi connectivity index (χ2v) is 5.79. The van der Waals surface area contributed by atoms with Crippen molar-refractivity contribution in [2.24, 2.45) is 0 Å². The van der Waals surface area contributed by atoms with Gasteiger partial charge in [-0.1, -0.05) is 54.2 Å². The van der Waals surface area contributed by atoms with E-state index in [-0.39, 0.29) is 11.7 Å². The van der Waals surface area contributed by atoms with Gasteiger partial charge in [0.2, 0.25) is 0 Å². The summed E-state index contributed by atoms with van der Waals surface area (Å²) < 4.78 is 4.99. The van der Waals surface area contributed by atoms with Crippen molar-refractivity contribution in [2.45, 2.75) is 11.9 Å². The molecule has 0 unspecified atom stereocenters. The highest BCUT2D eigenvalue weighted by Gasteiger charge is 2.13. The van der Waals surface area contributed by atoms with E-state index in [0.717, 1.165) is 27.3 Å². The Hall–Kier alpha value is -2.40. The monoisotopic (exact) mass is 324 g/mol. The first-order chi connectivity index (χ1) is 11.3. The van der Waals surface area contributed by atoms with E-state index in [1.54, 1.807) is 6.92 Å². The molecule has 0 bridgehead atoms. The van der Waals surface area contributed by atoms with Gasteiger partial charge in [0.05, 0.1) is 23.4 Å². The number of carbonyl (C=O) groups is 1. The minimum absolute atomic E-state index is 0.223. The zero-order chi connectivity index (χ0) is 16.1. The van der Waals surface area contributed by atoms with Gasteiger partial charge in [-0.05, 0) is 19.1 Å². The number of rotatable bonds is 5. The largest absolute Gasteiger partial charge is 0.465 e. The Kier molecular flexibility index (Phi) is 4.88. The number of esters is 1. The molecule has 0 aliphatic carbocycles. The van der Waals surface area contributed by atoms with Crippen LogP contribution in [0.4, 0.5) is 0 Å². The van der Waals surface area contributed by atoms with E-state index in [9.17, 15) is 4.79 Å². The second kappa shape index (κ2) is 7.24. The number of hydrogen-bond acceptors (Lipinski definition) is 5. The molecule has 5 heteroatoms. The number of para-hydroxylation sites is 2. The van der Waals surface area contributed by atoms with E-state index in [1.807, 2.05) is 54.6 Å². The highest BCUT2D eigenvalue weighted by Crippen LogP contribution is 2.30. The van der Waals surface area contributed by atoms with Crippen LogP contribution in [0.25, 0.3) is 22.3 Å². The third-order valence-corrected chi connectivity index (χ3v) is 4.16. The lowest BCUT2D eigenvalue weighted by Crippen LogP contribution is -2.07. The molecule has 0 aliphatic heterocycles. The van der Waals surface area contributed by atoms with E-state index >= 15 is 0 Å². The summed E-state index contributed by atoms with van der Waals surface area (Å²) in [4.78, 5) is 21.0. The summed E-state index contributed by atoms with van der Waals surface area (Å²) in [5.74, 6) is -0.0211. The van der Waals surface area contributed by atoms with Gasteiger partial charge in [-0.15, -0.1) is 0 Å². The fourth-order valence-corrected chi connectivity index (χ4v) is 3.00. The van der Waals surface area contributed by atoms with E-state index in [4.69, 9.17) is 9.72 Å². The maximum absolute atomic E-state index is 11.6. The number of ether oxygens (including phenoxy) is 1. The van der Waals surface area contributed by atoms with Crippen molar-refractivity contribution in [3.63, 3.8) is 0 Å². The van der Waals surface area contributed by atoms with Crippen LogP contribution < -0.4 is 0 Å². The summed E-state index contributed by atoms with van der Waals surface area (Å²) in [7, 11) is 0. The van der Waals surface area contributed by atoms with Gasteiger partial charge in [0.1, 0.15) is 10.7 Å². The predicted molar refractivity (Wildman–Crippen MR) is 92.3 cm³/mol. The minimum atomic E-state index is -0.244. The molecule has 0 fully saturated rings. The Bertz CT molecular complexity index is 822. The van der Waals surface area contributed by atoms with Crippen LogP contribution in [0, 0.1) is 0 Å². The standard InChI is InChI=1S/C18H16N2O2S/c1-2-22-16(21)12-23-18-17(13-8-4-3-5-9-13)19-14-10-6-7-11-15(14)20-18/h3-11H,2,12H2,1H3. The van der Waals surface area contributed by atoms with Crippen LogP contribution in [0.5, 0.6) is 0 Å². The van der Waals surface area contributed by atoms with Crippen molar-refractivity contribution in [3.8, 4) is 11.3 Å². The van der Waals surface area contributed by atoms with Gasteiger partial charge in [-0.25, -0.2) is 9.97 Å². The van der Waals surface area contributed by atoms with Gasteiger partial charge in [0, 0.05) is 5.56 Å². The normalized spacial score (nSPS) is 10.7. The summed E-state index contributed by atoms with van der Waals surface area (Å²) in [6.07, 6.45) is 0. The van der Waals surface area contributed by atoms with E-state index in [2.05, 4.69) is 4.98 Å². The number of hydrogen-bond donors (Lipinski definition) is 0. The summed E-state index contributed by atoms with van der Waals surface area (Å²) in [5, 5.41) is 0.739. The van der Waals surface area contributed by atoms with Crippen molar-refractivity contribution < 1.29 is 9.53 Å². The topological polar surface area (TPSA) is 52.1 Å². The molecule has 2 aromatic carbocycles. The highest BCUT2D eigenvalue weighted by atomic mass is 32.2. The molecule has 23 heavy (non-hydrogen) atoms. The van der Waals surface area contributed by atoms with Gasteiger partial charge in [0.25, 0.3) is 0 Å². The van der Waals surface area contributed by atoms with Crippen molar-refractivity contribution in [2.75, 3.05) is 12.4 Å². The molecule has 116 valence electrons. The first-order valence-corrected chi connectivity index (χ1v) is 8.37. The minimum Gasteiger partial charge on any atom is -0.465 e. The predicted octanol–water partition coefficient (Wildman–Crippen LogP) is 3.95. The molecule has 0 amide bonds. The molecular formula is C18H16N2O2S. The second-order valence-electron chi connectivity index (χ2n) is 4.83. The van der Waals surface area contributed by atoms with Gasteiger partial charge in [-0.3, -0.25) is 4.79 Å². The molecule has 1 aromatic heterocycles. The fraction of sp³-hybridized carbons (Fsp3) is 0.167. The number of nitrogens with zero attached hydrogens (tertiary/aromatic N) is 2. The third kappa shape index (κ3) is 3.68. The van der Waals surface area contributed by atoms with Gasteiger partial charge < -0.3 is 4.74 Å². The molecule has 0 saturated heterocycles. The van der Waals surface area contributed by atoms with Crippen molar-refractivity contribution in [1.82, 2.24) is 9.97 Å². The molecule has 0 spiro atoms. The Labute approximate surface area is 138 Å². The Morgan fingerprint density at radius 1 is 1.00 bits per heavy atom. The SMILES string of the molecule is CCOC(=O)CSc1nc2ccccc2nc1-c1ccccc1. The highest BCUT2D eigenvalue weighted by molar-refractivity contribution is 8.00. The molecular weight excluding hydrogens is 308 g/mol. The molecule has 0 N–H and O–H groups in total. The number of thioether (sulfide) groups is 1. The molecule has 0 radical (unpaired) electrons. The summed E-state index contributed by atoms with van der Waals surface area (Å²) in [5.41, 5.74) is 3.43. The summed E-state index contributed by atoms with van der Waals surface area (Å²) in [6, 6.07) is 17.6. The number of benzene rings is 2. The third-order valence-electron chi connectivity index (χ3n) is 3.22. The molecule has 0 atom stereocenters. The molecule has 4 nitrogen and oxygen atoms in total. The zero-order valence-electron chi connectivity index (χ0n) is 12.7. The number of fused-ring (bicyclic) bond motifs is 1. The summed E-state index contributed by atoms with van der Waals surface area (Å²) >= 11 is 1.36. The molecule has 3 aromatic rings. The van der Waals surface area contributed by atoms with Gasteiger partial charge in [0.15, 0.2) is 0 Å². The fourth-order valence-electron chi connectivity index (χ4n) is 2.20. The lowest BCUT2D eigenvalue weighted by molar-refractivity contribution is -0.139. The van der Waals surface area contributed by atoms with Crippen molar-refractivity contribution >= 4 is 28.8 Å². The van der Waals surface area contributed by atoms with E-state index in [1.165, 1.54) is 11.8 Å². The van der Waals surface area contributed by atoms with Crippen LogP contribution in [0.15, 0.2) is 59.6 Å². The quantitative estimate of drug-likeness (QED) is 0.525. The molecule has 0 aliphatic rings. The van der Waals surface area contributed by atoms with Crippen LogP contribution in [0.3, 0.4) is 0 Å². The molecule has 0 saturated carbocycles. The van der Waals surface area contributed by atoms with Gasteiger partial charge >= 0.3 is 5.97 Å². The number of aromatic nitrogens is 2. The van der Waals surface area contributed by atoms with E-state index in [0.29, 0.717) is 6.61 Å². The van der Waals surface area contributed by atoms with Gasteiger partial charge in [-0.2, -0.15) is 0 Å². The Morgan fingerprint density at radius 3 is 2.35 bits per heavy atom. The maximum Gasteiger partial charge on any atom is 0.316 e. The van der Waals surface area contributed by atoms with Crippen molar-refractivity contribution in [3.05, 3.63) is 54.6 Å². The van der Waals surface area contributed by atoms with Crippen LogP contribution in [-0.4, -0.2) is 28.3 Å².